The first-order valence-electron chi connectivity index (χ1n) is 10.2. The SMILES string of the molecule is C=CC(=N/C=C\C)c1ccc(NC(=O)Cn2c(C)nc(C3CCOCC3)c2C)nc1. The maximum atomic E-state index is 12.6. The molecule has 0 saturated carbocycles. The molecule has 158 valence electrons. The van der Waals surface area contributed by atoms with Crippen LogP contribution in [0.15, 0.2) is 48.3 Å². The minimum Gasteiger partial charge on any atom is -0.381 e. The van der Waals surface area contributed by atoms with Crippen molar-refractivity contribution in [1.29, 1.82) is 0 Å². The Morgan fingerprint density at radius 1 is 1.37 bits per heavy atom. The number of rotatable bonds is 7. The summed E-state index contributed by atoms with van der Waals surface area (Å²) in [4.78, 5) is 26.0. The molecule has 3 rings (SSSR count). The number of hydrogen-bond donors (Lipinski definition) is 1. The smallest absolute Gasteiger partial charge is 0.245 e. The van der Waals surface area contributed by atoms with Gasteiger partial charge in [0.15, 0.2) is 0 Å². The molecule has 0 bridgehead atoms. The lowest BCUT2D eigenvalue weighted by Gasteiger charge is -2.21. The molecule has 2 aromatic heterocycles. The molecule has 7 heteroatoms. The first kappa shape index (κ1) is 21.6. The fourth-order valence-corrected chi connectivity index (χ4v) is 3.63. The van der Waals surface area contributed by atoms with Gasteiger partial charge in [0, 0.05) is 42.8 Å². The van der Waals surface area contributed by atoms with Crippen LogP contribution in [-0.2, 0) is 16.1 Å². The van der Waals surface area contributed by atoms with Crippen molar-refractivity contribution in [1.82, 2.24) is 14.5 Å². The van der Waals surface area contributed by atoms with E-state index in [-0.39, 0.29) is 12.5 Å². The van der Waals surface area contributed by atoms with Crippen LogP contribution in [-0.4, -0.2) is 39.4 Å². The van der Waals surface area contributed by atoms with E-state index in [0.717, 1.165) is 54.5 Å². The molecule has 1 amide bonds. The van der Waals surface area contributed by atoms with Gasteiger partial charge in [-0.25, -0.2) is 9.97 Å². The molecule has 0 radical (unpaired) electrons. The maximum absolute atomic E-state index is 12.6. The van der Waals surface area contributed by atoms with Gasteiger partial charge in [-0.15, -0.1) is 0 Å². The zero-order valence-corrected chi connectivity index (χ0v) is 17.9. The van der Waals surface area contributed by atoms with E-state index in [9.17, 15) is 4.79 Å². The molecule has 0 unspecified atom stereocenters. The average molecular weight is 408 g/mol. The summed E-state index contributed by atoms with van der Waals surface area (Å²) in [7, 11) is 0. The molecule has 3 heterocycles. The Balaban J connectivity index is 1.67. The number of anilines is 1. The highest BCUT2D eigenvalue weighted by Crippen LogP contribution is 2.29. The van der Waals surface area contributed by atoms with Gasteiger partial charge >= 0.3 is 0 Å². The highest BCUT2D eigenvalue weighted by molar-refractivity contribution is 6.08. The van der Waals surface area contributed by atoms with Crippen LogP contribution in [0.1, 0.15) is 48.5 Å². The number of aryl methyl sites for hydroxylation is 1. The van der Waals surface area contributed by atoms with Gasteiger partial charge in [0.1, 0.15) is 18.2 Å². The van der Waals surface area contributed by atoms with Crippen molar-refractivity contribution in [2.75, 3.05) is 18.5 Å². The lowest BCUT2D eigenvalue weighted by atomic mass is 9.95. The molecule has 1 N–H and O–H groups in total. The third-order valence-electron chi connectivity index (χ3n) is 5.24. The van der Waals surface area contributed by atoms with Crippen molar-refractivity contribution in [2.24, 2.45) is 4.99 Å². The quantitative estimate of drug-likeness (QED) is 0.705. The second kappa shape index (κ2) is 10.1. The zero-order chi connectivity index (χ0) is 21.5. The van der Waals surface area contributed by atoms with Gasteiger partial charge in [0.05, 0.1) is 11.4 Å². The number of aromatic nitrogens is 3. The number of nitrogens with one attached hydrogen (secondary N) is 1. The molecule has 2 aromatic rings. The van der Waals surface area contributed by atoms with Gasteiger partial charge in [-0.05, 0) is 51.8 Å². The van der Waals surface area contributed by atoms with Crippen LogP contribution < -0.4 is 5.32 Å². The number of allylic oxidation sites excluding steroid dienone is 2. The van der Waals surface area contributed by atoms with Crippen LogP contribution in [0, 0.1) is 13.8 Å². The molecule has 1 saturated heterocycles. The molecule has 30 heavy (non-hydrogen) atoms. The first-order chi connectivity index (χ1) is 14.5. The minimum absolute atomic E-state index is 0.135. The maximum Gasteiger partial charge on any atom is 0.245 e. The number of ether oxygens (including phenoxy) is 1. The molecular formula is C23H29N5O2. The molecule has 0 atom stereocenters. The third kappa shape index (κ3) is 5.10. The summed E-state index contributed by atoms with van der Waals surface area (Å²) in [5.41, 5.74) is 3.70. The highest BCUT2D eigenvalue weighted by atomic mass is 16.5. The highest BCUT2D eigenvalue weighted by Gasteiger charge is 2.23. The molecule has 1 aliphatic rings. The fourth-order valence-electron chi connectivity index (χ4n) is 3.63. The predicted molar refractivity (Wildman–Crippen MR) is 119 cm³/mol. The van der Waals surface area contributed by atoms with E-state index in [1.54, 1.807) is 24.5 Å². The van der Waals surface area contributed by atoms with Crippen LogP contribution in [0.3, 0.4) is 0 Å². The van der Waals surface area contributed by atoms with Gasteiger partial charge in [-0.3, -0.25) is 9.79 Å². The number of pyridine rings is 1. The van der Waals surface area contributed by atoms with Crippen molar-refractivity contribution in [3.8, 4) is 0 Å². The summed E-state index contributed by atoms with van der Waals surface area (Å²) in [6, 6.07) is 3.63. The average Bonchev–Trinajstić information content (AvgIpc) is 3.04. The molecule has 1 fully saturated rings. The molecule has 0 aromatic carbocycles. The molecule has 0 aliphatic carbocycles. The second-order valence-corrected chi connectivity index (χ2v) is 7.28. The number of amides is 1. The van der Waals surface area contributed by atoms with Crippen LogP contribution >= 0.6 is 0 Å². The topological polar surface area (TPSA) is 81.4 Å². The van der Waals surface area contributed by atoms with Gasteiger partial charge < -0.3 is 14.6 Å². The van der Waals surface area contributed by atoms with Crippen molar-refractivity contribution in [3.05, 3.63) is 66.0 Å². The summed E-state index contributed by atoms with van der Waals surface area (Å²) < 4.78 is 7.42. The van der Waals surface area contributed by atoms with E-state index < -0.39 is 0 Å². The van der Waals surface area contributed by atoms with Crippen LogP contribution in [0.25, 0.3) is 0 Å². The Kier molecular flexibility index (Phi) is 7.30. The molecule has 1 aliphatic heterocycles. The Bertz CT molecular complexity index is 951. The third-order valence-corrected chi connectivity index (χ3v) is 5.24. The summed E-state index contributed by atoms with van der Waals surface area (Å²) >= 11 is 0. The van der Waals surface area contributed by atoms with E-state index >= 15 is 0 Å². The lowest BCUT2D eigenvalue weighted by molar-refractivity contribution is -0.116. The van der Waals surface area contributed by atoms with E-state index in [4.69, 9.17) is 9.72 Å². The minimum atomic E-state index is -0.135. The van der Waals surface area contributed by atoms with Gasteiger partial charge in [0.25, 0.3) is 0 Å². The van der Waals surface area contributed by atoms with Crippen molar-refractivity contribution < 1.29 is 9.53 Å². The molecule has 7 nitrogen and oxygen atoms in total. The zero-order valence-electron chi connectivity index (χ0n) is 17.9. The summed E-state index contributed by atoms with van der Waals surface area (Å²) in [6.45, 7) is 11.4. The summed E-state index contributed by atoms with van der Waals surface area (Å²) in [6.07, 6.45) is 8.86. The molecular weight excluding hydrogens is 378 g/mol. The molecule has 0 spiro atoms. The van der Waals surface area contributed by atoms with Gasteiger partial charge in [-0.2, -0.15) is 0 Å². The van der Waals surface area contributed by atoms with Crippen molar-refractivity contribution in [3.63, 3.8) is 0 Å². The first-order valence-corrected chi connectivity index (χ1v) is 10.2. The number of imidazole rings is 1. The van der Waals surface area contributed by atoms with E-state index in [0.29, 0.717) is 11.7 Å². The lowest BCUT2D eigenvalue weighted by Crippen LogP contribution is -2.21. The number of hydrogen-bond acceptors (Lipinski definition) is 5. The Morgan fingerprint density at radius 3 is 2.77 bits per heavy atom. The van der Waals surface area contributed by atoms with E-state index in [1.165, 1.54) is 0 Å². The number of aliphatic imine (C=N–C) groups is 1. The standard InChI is InChI=1S/C23H29N5O2/c1-5-11-24-20(6-2)19-7-8-21(25-14-19)27-22(29)15-28-16(3)23(26-17(28)4)18-9-12-30-13-10-18/h5-8,11,14,18H,2,9-10,12-13,15H2,1,3-4H3,(H,25,27,29)/b11-5-,24-20?. The van der Waals surface area contributed by atoms with E-state index in [2.05, 4.69) is 21.9 Å². The van der Waals surface area contributed by atoms with Crippen molar-refractivity contribution >= 4 is 17.4 Å². The van der Waals surface area contributed by atoms with Gasteiger partial charge in [0.2, 0.25) is 5.91 Å². The number of carbonyl (C=O) groups excluding carboxylic acids is 1. The van der Waals surface area contributed by atoms with Crippen LogP contribution in [0.2, 0.25) is 0 Å². The monoisotopic (exact) mass is 407 g/mol. The fraction of sp³-hybridized carbons (Fsp3) is 0.391. The second-order valence-electron chi connectivity index (χ2n) is 7.28. The number of nitrogens with zero attached hydrogens (tertiary/aromatic N) is 4. The Morgan fingerprint density at radius 2 is 2.13 bits per heavy atom. The Labute approximate surface area is 177 Å². The predicted octanol–water partition coefficient (Wildman–Crippen LogP) is 3.94. The Hall–Kier alpha value is -3.06. The normalized spacial score (nSPS) is 15.5. The summed E-state index contributed by atoms with van der Waals surface area (Å²) in [5, 5.41) is 2.86. The van der Waals surface area contributed by atoms with Crippen molar-refractivity contribution in [2.45, 2.75) is 46.1 Å². The van der Waals surface area contributed by atoms with Crippen LogP contribution in [0.4, 0.5) is 5.82 Å². The van der Waals surface area contributed by atoms with Gasteiger partial charge in [-0.1, -0.05) is 12.7 Å². The number of carbonyl (C=O) groups is 1. The van der Waals surface area contributed by atoms with E-state index in [1.807, 2.05) is 37.5 Å². The van der Waals surface area contributed by atoms with Crippen LogP contribution in [0.5, 0.6) is 0 Å². The largest absolute Gasteiger partial charge is 0.381 e. The summed E-state index contributed by atoms with van der Waals surface area (Å²) in [5.74, 6) is 1.62.